The number of hydrogen-bond acceptors (Lipinski definition) is 3. The molecule has 1 saturated carbocycles. The van der Waals surface area contributed by atoms with E-state index in [-0.39, 0.29) is 35.5 Å². The number of carbonyl (C=O) groups is 2. The summed E-state index contributed by atoms with van der Waals surface area (Å²) < 4.78 is 1.14. The number of nitrogens with zero attached hydrogens (tertiary/aromatic N) is 2. The van der Waals surface area contributed by atoms with E-state index in [1.165, 1.54) is 0 Å². The van der Waals surface area contributed by atoms with Gasteiger partial charge < -0.3 is 0 Å². The van der Waals surface area contributed by atoms with Gasteiger partial charge in [-0.15, -0.1) is 0 Å². The van der Waals surface area contributed by atoms with Crippen LogP contribution in [0.4, 0.5) is 0 Å². The highest BCUT2D eigenvalue weighted by Crippen LogP contribution is 2.49. The fourth-order valence-electron chi connectivity index (χ4n) is 3.85. The Hall–Kier alpha value is -1.50. The van der Waals surface area contributed by atoms with Crippen LogP contribution in [0.25, 0.3) is 0 Å². The minimum atomic E-state index is -0.190. The lowest BCUT2D eigenvalue weighted by Gasteiger charge is -2.37. The summed E-state index contributed by atoms with van der Waals surface area (Å²) in [4.78, 5) is 25.1. The Labute approximate surface area is 142 Å². The van der Waals surface area contributed by atoms with Gasteiger partial charge in [0.15, 0.2) is 0 Å². The molecule has 2 bridgehead atoms. The van der Waals surface area contributed by atoms with E-state index in [1.54, 1.807) is 6.21 Å². The zero-order valence-electron chi connectivity index (χ0n) is 11.9. The molecule has 2 amide bonds. The fourth-order valence-corrected chi connectivity index (χ4v) is 4.21. The monoisotopic (exact) mass is 406 g/mol. The molecule has 2 fully saturated rings. The van der Waals surface area contributed by atoms with E-state index in [0.717, 1.165) is 27.0 Å². The van der Waals surface area contributed by atoms with Crippen molar-refractivity contribution in [2.75, 3.05) is 0 Å². The summed E-state index contributed by atoms with van der Waals surface area (Å²) in [7, 11) is 0. The summed E-state index contributed by atoms with van der Waals surface area (Å²) in [5, 5.41) is 5.29. The summed E-state index contributed by atoms with van der Waals surface area (Å²) in [6.45, 7) is 0. The van der Waals surface area contributed by atoms with E-state index in [4.69, 9.17) is 0 Å². The molecule has 1 saturated heterocycles. The molecule has 5 rings (SSSR count). The molecule has 0 spiro atoms. The smallest absolute Gasteiger partial charge is 0.254 e. The van der Waals surface area contributed by atoms with Crippen LogP contribution in [0.5, 0.6) is 0 Å². The van der Waals surface area contributed by atoms with Crippen molar-refractivity contribution in [1.82, 2.24) is 5.01 Å². The van der Waals surface area contributed by atoms with Gasteiger partial charge in [0.25, 0.3) is 11.8 Å². The highest BCUT2D eigenvalue weighted by molar-refractivity contribution is 14.1. The van der Waals surface area contributed by atoms with E-state index < -0.39 is 0 Å². The Kier molecular flexibility index (Phi) is 3.40. The van der Waals surface area contributed by atoms with Gasteiger partial charge in [-0.1, -0.05) is 24.3 Å². The van der Waals surface area contributed by atoms with E-state index in [0.29, 0.717) is 0 Å². The summed E-state index contributed by atoms with van der Waals surface area (Å²) >= 11 is 2.23. The Bertz CT molecular complexity index is 663. The molecule has 3 aliphatic carbocycles. The number of halogens is 1. The van der Waals surface area contributed by atoms with Crippen LogP contribution in [0.2, 0.25) is 0 Å². The first-order chi connectivity index (χ1) is 10.6. The quantitative estimate of drug-likeness (QED) is 0.328. The van der Waals surface area contributed by atoms with Crippen LogP contribution in [-0.2, 0) is 9.59 Å². The molecule has 1 aliphatic heterocycles. The molecule has 22 heavy (non-hydrogen) atoms. The Morgan fingerprint density at radius 2 is 1.55 bits per heavy atom. The van der Waals surface area contributed by atoms with Crippen LogP contribution in [0.1, 0.15) is 18.4 Å². The number of benzene rings is 1. The highest BCUT2D eigenvalue weighted by atomic mass is 127. The van der Waals surface area contributed by atoms with Crippen LogP contribution in [0.15, 0.2) is 41.5 Å². The molecule has 112 valence electrons. The zero-order chi connectivity index (χ0) is 15.3. The van der Waals surface area contributed by atoms with Gasteiger partial charge in [-0.2, -0.15) is 10.1 Å². The van der Waals surface area contributed by atoms with E-state index in [1.807, 2.05) is 24.3 Å². The number of hydrazone groups is 1. The lowest BCUT2D eigenvalue weighted by atomic mass is 9.63. The third-order valence-corrected chi connectivity index (χ3v) is 5.65. The minimum absolute atomic E-state index is 0.129. The predicted octanol–water partition coefficient (Wildman–Crippen LogP) is 2.82. The van der Waals surface area contributed by atoms with Gasteiger partial charge in [-0.25, -0.2) is 0 Å². The van der Waals surface area contributed by atoms with Crippen LogP contribution in [0.3, 0.4) is 0 Å². The van der Waals surface area contributed by atoms with E-state index in [9.17, 15) is 9.59 Å². The number of hydrogen-bond donors (Lipinski definition) is 0. The summed E-state index contributed by atoms with van der Waals surface area (Å²) in [5.74, 6) is -0.211. The van der Waals surface area contributed by atoms with Crippen LogP contribution >= 0.6 is 22.6 Å². The molecular formula is C17H15IN2O2. The number of imide groups is 1. The minimum Gasteiger partial charge on any atom is -0.272 e. The SMILES string of the molecule is O=C1[C@@H]2[C@@H](C(=O)N1/N=C\c1ccc(I)cc1)[C@H]1C=C[C@H]2CC1. The molecule has 5 heteroatoms. The standard InChI is InChI=1S/C17H15IN2O2/c18-13-7-1-10(2-8-13)9-19-20-16(21)14-11-3-4-12(6-5-11)15(14)17(20)22/h1-4,7-9,11-12,14-15H,5-6H2/b19-9-/t11-,12-,14-,15-/m0/s1. The van der Waals surface area contributed by atoms with Crippen molar-refractivity contribution in [3.05, 3.63) is 45.6 Å². The average Bonchev–Trinajstić information content (AvgIpc) is 2.82. The fraction of sp³-hybridized carbons (Fsp3) is 0.353. The Balaban J connectivity index is 1.60. The van der Waals surface area contributed by atoms with E-state index >= 15 is 0 Å². The van der Waals surface area contributed by atoms with Crippen LogP contribution in [-0.4, -0.2) is 23.0 Å². The highest BCUT2D eigenvalue weighted by Gasteiger charge is 2.56. The van der Waals surface area contributed by atoms with Gasteiger partial charge in [0.1, 0.15) is 0 Å². The summed E-state index contributed by atoms with van der Waals surface area (Å²) in [5.41, 5.74) is 0.886. The van der Waals surface area contributed by atoms with Gasteiger partial charge in [0, 0.05) is 3.57 Å². The number of rotatable bonds is 2. The zero-order valence-corrected chi connectivity index (χ0v) is 14.0. The topological polar surface area (TPSA) is 49.7 Å². The van der Waals surface area contributed by atoms with Crippen molar-refractivity contribution in [3.63, 3.8) is 0 Å². The van der Waals surface area contributed by atoms with Crippen molar-refractivity contribution in [2.24, 2.45) is 28.8 Å². The number of fused-ring (bicyclic) bond motifs is 1. The molecule has 0 N–H and O–H groups in total. The van der Waals surface area contributed by atoms with Crippen LogP contribution < -0.4 is 0 Å². The van der Waals surface area contributed by atoms with Gasteiger partial charge in [-0.05, 0) is 65.0 Å². The van der Waals surface area contributed by atoms with Crippen molar-refractivity contribution in [3.8, 4) is 0 Å². The second-order valence-electron chi connectivity index (χ2n) is 6.13. The molecular weight excluding hydrogens is 391 g/mol. The van der Waals surface area contributed by atoms with Gasteiger partial charge in [-0.3, -0.25) is 9.59 Å². The Morgan fingerprint density at radius 1 is 1.00 bits per heavy atom. The molecule has 0 aromatic heterocycles. The number of allylic oxidation sites excluding steroid dienone is 2. The first-order valence-corrected chi connectivity index (χ1v) is 8.59. The molecule has 1 aromatic carbocycles. The summed E-state index contributed by atoms with van der Waals surface area (Å²) in [6.07, 6.45) is 7.85. The normalized spacial score (nSPS) is 33.0. The van der Waals surface area contributed by atoms with Gasteiger partial charge in [0.05, 0.1) is 18.1 Å². The van der Waals surface area contributed by atoms with Crippen molar-refractivity contribution >= 4 is 40.6 Å². The molecule has 0 radical (unpaired) electrons. The summed E-state index contributed by atoms with van der Waals surface area (Å²) in [6, 6.07) is 7.79. The van der Waals surface area contributed by atoms with Crippen molar-refractivity contribution in [2.45, 2.75) is 12.8 Å². The van der Waals surface area contributed by atoms with Gasteiger partial charge in [0.2, 0.25) is 0 Å². The number of carbonyl (C=O) groups excluding carboxylic acids is 2. The second-order valence-corrected chi connectivity index (χ2v) is 7.37. The molecule has 0 unspecified atom stereocenters. The average molecular weight is 406 g/mol. The molecule has 1 aromatic rings. The number of amides is 2. The molecule has 1 heterocycles. The Morgan fingerprint density at radius 3 is 2.05 bits per heavy atom. The maximum Gasteiger partial charge on any atom is 0.254 e. The van der Waals surface area contributed by atoms with Crippen LogP contribution in [0, 0.1) is 27.2 Å². The van der Waals surface area contributed by atoms with Crippen molar-refractivity contribution in [1.29, 1.82) is 0 Å². The third-order valence-electron chi connectivity index (χ3n) is 4.93. The lowest BCUT2D eigenvalue weighted by Crippen LogP contribution is -2.38. The second kappa shape index (κ2) is 5.30. The lowest BCUT2D eigenvalue weighted by molar-refractivity contribution is -0.140. The van der Waals surface area contributed by atoms with Crippen molar-refractivity contribution < 1.29 is 9.59 Å². The first-order valence-electron chi connectivity index (χ1n) is 7.51. The largest absolute Gasteiger partial charge is 0.272 e. The molecule has 4 atom stereocenters. The molecule has 4 nitrogen and oxygen atoms in total. The van der Waals surface area contributed by atoms with E-state index in [2.05, 4.69) is 39.8 Å². The first kappa shape index (κ1) is 14.1. The molecule has 4 aliphatic rings. The van der Waals surface area contributed by atoms with Gasteiger partial charge >= 0.3 is 0 Å². The maximum atomic E-state index is 12.6. The predicted molar refractivity (Wildman–Crippen MR) is 90.9 cm³/mol. The maximum absolute atomic E-state index is 12.6. The third kappa shape index (κ3) is 2.14.